The molecule has 4 aromatic carbocycles. The molecule has 0 fully saturated rings. The van der Waals surface area contributed by atoms with Gasteiger partial charge in [-0.25, -0.2) is 4.39 Å². The number of amides is 1. The minimum Gasteiger partial charge on any atom is -0.366 e. The molecule has 0 aliphatic carbocycles. The lowest BCUT2D eigenvalue weighted by Gasteiger charge is -2.11. The van der Waals surface area contributed by atoms with Crippen LogP contribution >= 0.6 is 23.2 Å². The summed E-state index contributed by atoms with van der Waals surface area (Å²) in [5, 5.41) is 2.35. The number of carbonyl (C=O) groups excluding carboxylic acids is 1. The van der Waals surface area contributed by atoms with Gasteiger partial charge in [0.1, 0.15) is 5.82 Å². The van der Waals surface area contributed by atoms with Crippen LogP contribution in [0.5, 0.6) is 0 Å². The van der Waals surface area contributed by atoms with Gasteiger partial charge in [0.15, 0.2) is 0 Å². The van der Waals surface area contributed by atoms with E-state index < -0.39 is 11.7 Å². The Morgan fingerprint density at radius 3 is 2.34 bits per heavy atom. The van der Waals surface area contributed by atoms with Crippen LogP contribution in [-0.2, 0) is 6.54 Å². The smallest absolute Gasteiger partial charge is 0.249 e. The fourth-order valence-electron chi connectivity index (χ4n) is 4.18. The van der Waals surface area contributed by atoms with E-state index in [0.29, 0.717) is 16.1 Å². The van der Waals surface area contributed by atoms with Crippen molar-refractivity contribution in [3.8, 4) is 11.1 Å². The van der Waals surface area contributed by atoms with E-state index in [1.54, 1.807) is 24.3 Å². The summed E-state index contributed by atoms with van der Waals surface area (Å²) in [5.41, 5.74) is 10.2. The molecular formula is C26H17Cl2FN2O. The number of hydrogen-bond donors (Lipinski definition) is 1. The van der Waals surface area contributed by atoms with Crippen LogP contribution in [0.1, 0.15) is 15.9 Å². The van der Waals surface area contributed by atoms with Crippen LogP contribution in [0.15, 0.2) is 78.9 Å². The normalized spacial score (nSPS) is 11.3. The molecule has 0 aliphatic rings. The molecule has 1 amide bonds. The molecule has 0 saturated heterocycles. The van der Waals surface area contributed by atoms with E-state index >= 15 is 0 Å². The van der Waals surface area contributed by atoms with Gasteiger partial charge < -0.3 is 10.3 Å². The number of primary amides is 1. The molecule has 2 N–H and O–H groups in total. The Morgan fingerprint density at radius 2 is 1.59 bits per heavy atom. The van der Waals surface area contributed by atoms with E-state index in [1.807, 2.05) is 53.1 Å². The van der Waals surface area contributed by atoms with Gasteiger partial charge >= 0.3 is 0 Å². The van der Waals surface area contributed by atoms with E-state index in [0.717, 1.165) is 32.9 Å². The van der Waals surface area contributed by atoms with E-state index in [9.17, 15) is 9.18 Å². The lowest BCUT2D eigenvalue weighted by atomic mass is 10.0. The van der Waals surface area contributed by atoms with Gasteiger partial charge in [0.05, 0.1) is 22.6 Å². The van der Waals surface area contributed by atoms with E-state index in [4.69, 9.17) is 28.9 Å². The van der Waals surface area contributed by atoms with Crippen molar-refractivity contribution >= 4 is 50.9 Å². The van der Waals surface area contributed by atoms with Gasteiger partial charge in [0, 0.05) is 26.9 Å². The summed E-state index contributed by atoms with van der Waals surface area (Å²) >= 11 is 12.1. The summed E-state index contributed by atoms with van der Waals surface area (Å²) in [6.45, 7) is 0.249. The van der Waals surface area contributed by atoms with Gasteiger partial charge in [-0.05, 0) is 47.5 Å². The first-order chi connectivity index (χ1) is 15.4. The molecule has 3 nitrogen and oxygen atoms in total. The molecule has 0 spiro atoms. The number of fused-ring (bicyclic) bond motifs is 3. The number of aromatic nitrogens is 1. The zero-order valence-corrected chi connectivity index (χ0v) is 18.3. The zero-order valence-electron chi connectivity index (χ0n) is 16.8. The van der Waals surface area contributed by atoms with Crippen LogP contribution in [0.4, 0.5) is 4.39 Å². The van der Waals surface area contributed by atoms with Crippen molar-refractivity contribution < 1.29 is 9.18 Å². The Morgan fingerprint density at radius 1 is 0.875 bits per heavy atom. The maximum Gasteiger partial charge on any atom is 0.249 e. The summed E-state index contributed by atoms with van der Waals surface area (Å²) in [5.74, 6) is -0.963. The number of nitrogens with two attached hydrogens (primary N) is 1. The molecule has 32 heavy (non-hydrogen) atoms. The molecule has 5 aromatic rings. The van der Waals surface area contributed by atoms with Crippen molar-refractivity contribution in [2.45, 2.75) is 6.54 Å². The summed E-state index contributed by atoms with van der Waals surface area (Å²) in [6.07, 6.45) is 0. The van der Waals surface area contributed by atoms with Crippen LogP contribution in [0.3, 0.4) is 0 Å². The Balaban J connectivity index is 1.81. The van der Waals surface area contributed by atoms with Crippen LogP contribution in [0.25, 0.3) is 32.9 Å². The van der Waals surface area contributed by atoms with E-state index in [1.165, 1.54) is 6.07 Å². The van der Waals surface area contributed by atoms with Crippen molar-refractivity contribution in [2.75, 3.05) is 0 Å². The average Bonchev–Trinajstić information content (AvgIpc) is 3.10. The van der Waals surface area contributed by atoms with Gasteiger partial charge in [-0.15, -0.1) is 0 Å². The van der Waals surface area contributed by atoms with Crippen molar-refractivity contribution in [1.29, 1.82) is 0 Å². The molecule has 0 atom stereocenters. The zero-order chi connectivity index (χ0) is 22.4. The topological polar surface area (TPSA) is 48.0 Å². The van der Waals surface area contributed by atoms with Crippen LogP contribution < -0.4 is 5.73 Å². The van der Waals surface area contributed by atoms with Crippen molar-refractivity contribution in [1.82, 2.24) is 4.57 Å². The van der Waals surface area contributed by atoms with Crippen molar-refractivity contribution in [3.05, 3.63) is 106 Å². The molecule has 0 unspecified atom stereocenters. The minimum atomic E-state index is -0.509. The predicted molar refractivity (Wildman–Crippen MR) is 129 cm³/mol. The minimum absolute atomic E-state index is 0.0722. The number of halogens is 3. The molecule has 6 heteroatoms. The Bertz CT molecular complexity index is 1510. The molecular weight excluding hydrogens is 446 g/mol. The number of benzene rings is 4. The molecule has 5 rings (SSSR count). The van der Waals surface area contributed by atoms with Crippen molar-refractivity contribution in [2.24, 2.45) is 5.73 Å². The van der Waals surface area contributed by atoms with Crippen LogP contribution in [-0.4, -0.2) is 10.5 Å². The monoisotopic (exact) mass is 462 g/mol. The highest BCUT2D eigenvalue weighted by molar-refractivity contribution is 6.31. The lowest BCUT2D eigenvalue weighted by Crippen LogP contribution is -2.11. The highest BCUT2D eigenvalue weighted by Gasteiger charge is 2.18. The second-order valence-corrected chi connectivity index (χ2v) is 8.45. The van der Waals surface area contributed by atoms with Gasteiger partial charge in [0.2, 0.25) is 5.91 Å². The molecule has 0 saturated carbocycles. The molecule has 0 aliphatic heterocycles. The molecule has 0 bridgehead atoms. The number of rotatable bonds is 4. The third kappa shape index (κ3) is 3.42. The largest absolute Gasteiger partial charge is 0.366 e. The molecule has 0 radical (unpaired) electrons. The number of nitrogens with zero attached hydrogens (tertiary/aromatic N) is 1. The maximum atomic E-state index is 14.8. The van der Waals surface area contributed by atoms with Crippen LogP contribution in [0.2, 0.25) is 10.0 Å². The maximum absolute atomic E-state index is 14.8. The third-order valence-corrected chi connectivity index (χ3v) is 6.24. The molecule has 158 valence electrons. The second kappa shape index (κ2) is 7.97. The van der Waals surface area contributed by atoms with Crippen LogP contribution in [0, 0.1) is 5.82 Å². The second-order valence-electron chi connectivity index (χ2n) is 7.60. The van der Waals surface area contributed by atoms with Gasteiger partial charge in [-0.1, -0.05) is 65.7 Å². The Kier molecular flexibility index (Phi) is 5.12. The number of hydrogen-bond acceptors (Lipinski definition) is 1. The van der Waals surface area contributed by atoms with E-state index in [-0.39, 0.29) is 11.6 Å². The van der Waals surface area contributed by atoms with Gasteiger partial charge in [-0.3, -0.25) is 4.79 Å². The van der Waals surface area contributed by atoms with Gasteiger partial charge in [0.25, 0.3) is 0 Å². The SMILES string of the molecule is NC(=O)c1cccc2c1c1ccc(-c3ccc(Cl)cc3)cc1n2Cc1cccc(Cl)c1F. The molecule has 1 aromatic heterocycles. The quantitative estimate of drug-likeness (QED) is 0.305. The Labute approximate surface area is 193 Å². The first-order valence-corrected chi connectivity index (χ1v) is 10.7. The Hall–Kier alpha value is -3.34. The fourth-order valence-corrected chi connectivity index (χ4v) is 4.50. The summed E-state index contributed by atoms with van der Waals surface area (Å²) in [6, 6.07) is 23.9. The van der Waals surface area contributed by atoms with Gasteiger partial charge in [-0.2, -0.15) is 0 Å². The predicted octanol–water partition coefficient (Wildman–Crippen LogP) is 7.05. The summed E-state index contributed by atoms with van der Waals surface area (Å²) < 4.78 is 16.7. The average molecular weight is 463 g/mol. The molecule has 1 heterocycles. The third-order valence-electron chi connectivity index (χ3n) is 5.69. The number of carbonyl (C=O) groups is 1. The summed E-state index contributed by atoms with van der Waals surface area (Å²) in [4.78, 5) is 12.2. The summed E-state index contributed by atoms with van der Waals surface area (Å²) in [7, 11) is 0. The first-order valence-electron chi connectivity index (χ1n) is 9.97. The lowest BCUT2D eigenvalue weighted by molar-refractivity contribution is 0.100. The standard InChI is InChI=1S/C26H17Cl2FN2O/c27-18-10-7-15(8-11-18)16-9-12-19-23(13-16)31(14-17-3-1-5-21(28)25(17)29)22-6-2-4-20(24(19)22)26(30)32/h1-13H,14H2,(H2,30,32). The highest BCUT2D eigenvalue weighted by atomic mass is 35.5. The fraction of sp³-hybridized carbons (Fsp3) is 0.0385. The van der Waals surface area contributed by atoms with E-state index in [2.05, 4.69) is 0 Å². The van der Waals surface area contributed by atoms with Crippen molar-refractivity contribution in [3.63, 3.8) is 0 Å². The highest BCUT2D eigenvalue weighted by Crippen LogP contribution is 2.35. The first kappa shape index (κ1) is 20.6.